The Morgan fingerprint density at radius 2 is 2.07 bits per heavy atom. The van der Waals surface area contributed by atoms with E-state index in [-0.39, 0.29) is 0 Å². The van der Waals surface area contributed by atoms with Gasteiger partial charge in [-0.3, -0.25) is 0 Å². The molecule has 0 fully saturated rings. The lowest BCUT2D eigenvalue weighted by Gasteiger charge is -2.08. The molecule has 0 amide bonds. The predicted octanol–water partition coefficient (Wildman–Crippen LogP) is 3.99. The number of hydrogen-bond acceptors (Lipinski definition) is 0. The topological polar surface area (TPSA) is 0 Å². The summed E-state index contributed by atoms with van der Waals surface area (Å²) in [4.78, 5) is 0. The van der Waals surface area contributed by atoms with E-state index in [1.165, 1.54) is 29.5 Å². The number of allylic oxidation sites excluding steroid dienone is 3. The second-order valence-corrected chi connectivity index (χ2v) is 4.74. The van der Waals surface area contributed by atoms with Crippen LogP contribution in [-0.4, -0.2) is 0 Å². The van der Waals surface area contributed by atoms with Crippen LogP contribution < -0.4 is 0 Å². The van der Waals surface area contributed by atoms with Gasteiger partial charge in [-0.05, 0) is 53.5 Å². The standard InChI is InChI=1S/C15H16/c1-10-3-8-14-11(2)4-5-12-6-7-13(9-10)15(12)14/h3-5,8-10H,6-7H2,1-2H3. The van der Waals surface area contributed by atoms with Crippen LogP contribution in [0.1, 0.15) is 35.6 Å². The molecular formula is C15H16. The molecule has 0 radical (unpaired) electrons. The molecule has 0 saturated heterocycles. The van der Waals surface area contributed by atoms with Crippen LogP contribution in [0.25, 0.3) is 11.6 Å². The molecule has 1 atom stereocenters. The lowest BCUT2D eigenvalue weighted by atomic mass is 9.97. The maximum atomic E-state index is 2.43. The fraction of sp³-hybridized carbons (Fsp3) is 0.333. The van der Waals surface area contributed by atoms with Crippen molar-refractivity contribution in [2.24, 2.45) is 5.92 Å². The largest absolute Gasteiger partial charge is 0.0773 e. The van der Waals surface area contributed by atoms with Crippen LogP contribution in [0.3, 0.4) is 0 Å². The molecule has 1 aromatic rings. The van der Waals surface area contributed by atoms with Gasteiger partial charge in [0, 0.05) is 0 Å². The summed E-state index contributed by atoms with van der Waals surface area (Å²) in [6.07, 6.45) is 9.52. The molecule has 1 unspecified atom stereocenters. The molecule has 0 aromatic heterocycles. The zero-order chi connectivity index (χ0) is 10.4. The van der Waals surface area contributed by atoms with Crippen LogP contribution in [0.2, 0.25) is 0 Å². The molecule has 0 heterocycles. The van der Waals surface area contributed by atoms with Crippen molar-refractivity contribution in [2.75, 3.05) is 0 Å². The summed E-state index contributed by atoms with van der Waals surface area (Å²) in [5, 5.41) is 0. The van der Waals surface area contributed by atoms with Gasteiger partial charge in [-0.25, -0.2) is 0 Å². The van der Waals surface area contributed by atoms with E-state index in [1.807, 2.05) is 0 Å². The Balaban J connectivity index is 2.34. The summed E-state index contributed by atoms with van der Waals surface area (Å²) >= 11 is 0. The van der Waals surface area contributed by atoms with Crippen molar-refractivity contribution in [3.05, 3.63) is 46.5 Å². The van der Waals surface area contributed by atoms with Crippen molar-refractivity contribution in [2.45, 2.75) is 26.7 Å². The first-order chi connectivity index (χ1) is 7.25. The van der Waals surface area contributed by atoms with Crippen molar-refractivity contribution in [1.29, 1.82) is 0 Å². The summed E-state index contributed by atoms with van der Waals surface area (Å²) in [6, 6.07) is 4.57. The summed E-state index contributed by atoms with van der Waals surface area (Å²) in [6.45, 7) is 4.48. The molecule has 0 N–H and O–H groups in total. The molecule has 2 aliphatic rings. The third-order valence-electron chi connectivity index (χ3n) is 3.57. The Hall–Kier alpha value is -1.30. The van der Waals surface area contributed by atoms with Crippen LogP contribution in [0.4, 0.5) is 0 Å². The minimum Gasteiger partial charge on any atom is -0.0773 e. The van der Waals surface area contributed by atoms with Gasteiger partial charge < -0.3 is 0 Å². The SMILES string of the molecule is Cc1ccc2c3c1C=CC(C)C=C3CC2. The monoisotopic (exact) mass is 196 g/mol. The van der Waals surface area contributed by atoms with E-state index in [2.05, 4.69) is 44.2 Å². The van der Waals surface area contributed by atoms with Crippen molar-refractivity contribution in [3.63, 3.8) is 0 Å². The number of rotatable bonds is 0. The third-order valence-corrected chi connectivity index (χ3v) is 3.57. The van der Waals surface area contributed by atoms with Gasteiger partial charge in [-0.2, -0.15) is 0 Å². The highest BCUT2D eigenvalue weighted by Crippen LogP contribution is 2.39. The second kappa shape index (κ2) is 3.10. The quantitative estimate of drug-likeness (QED) is 0.588. The first-order valence-electron chi connectivity index (χ1n) is 5.77. The summed E-state index contributed by atoms with van der Waals surface area (Å²) in [5.74, 6) is 0.581. The highest BCUT2D eigenvalue weighted by Gasteiger charge is 2.21. The lowest BCUT2D eigenvalue weighted by Crippen LogP contribution is -1.89. The molecule has 0 bridgehead atoms. The minimum atomic E-state index is 0.581. The second-order valence-electron chi connectivity index (χ2n) is 4.74. The molecule has 0 spiro atoms. The van der Waals surface area contributed by atoms with E-state index < -0.39 is 0 Å². The number of benzene rings is 1. The van der Waals surface area contributed by atoms with Crippen molar-refractivity contribution < 1.29 is 0 Å². The Bertz CT molecular complexity index is 475. The van der Waals surface area contributed by atoms with E-state index in [0.29, 0.717) is 5.92 Å². The van der Waals surface area contributed by atoms with Crippen molar-refractivity contribution in [1.82, 2.24) is 0 Å². The van der Waals surface area contributed by atoms with Gasteiger partial charge in [0.15, 0.2) is 0 Å². The van der Waals surface area contributed by atoms with Crippen LogP contribution in [-0.2, 0) is 6.42 Å². The Morgan fingerprint density at radius 1 is 1.20 bits per heavy atom. The minimum absolute atomic E-state index is 0.581. The molecule has 2 aliphatic carbocycles. The Morgan fingerprint density at radius 3 is 2.93 bits per heavy atom. The fourth-order valence-electron chi connectivity index (χ4n) is 2.75. The van der Waals surface area contributed by atoms with Gasteiger partial charge in [-0.1, -0.05) is 37.3 Å². The molecule has 0 nitrogen and oxygen atoms in total. The van der Waals surface area contributed by atoms with Gasteiger partial charge >= 0.3 is 0 Å². The van der Waals surface area contributed by atoms with Crippen LogP contribution in [0.5, 0.6) is 0 Å². The van der Waals surface area contributed by atoms with Gasteiger partial charge in [0.1, 0.15) is 0 Å². The van der Waals surface area contributed by atoms with E-state index in [0.717, 1.165) is 0 Å². The molecule has 0 aliphatic heterocycles. The maximum absolute atomic E-state index is 2.43. The van der Waals surface area contributed by atoms with Gasteiger partial charge in [0.05, 0.1) is 0 Å². The summed E-state index contributed by atoms with van der Waals surface area (Å²) in [7, 11) is 0. The van der Waals surface area contributed by atoms with Crippen molar-refractivity contribution >= 4 is 11.6 Å². The Kier molecular flexibility index (Phi) is 1.85. The maximum Gasteiger partial charge on any atom is -0.00725 e. The molecule has 1 aromatic carbocycles. The molecule has 0 heteroatoms. The predicted molar refractivity (Wildman–Crippen MR) is 65.7 cm³/mol. The smallest absolute Gasteiger partial charge is 0.00725 e. The molecule has 76 valence electrons. The zero-order valence-electron chi connectivity index (χ0n) is 9.38. The Labute approximate surface area is 91.3 Å². The molecule has 15 heavy (non-hydrogen) atoms. The average Bonchev–Trinajstić information content (AvgIpc) is 2.52. The van der Waals surface area contributed by atoms with Crippen LogP contribution in [0, 0.1) is 12.8 Å². The number of aryl methyl sites for hydroxylation is 2. The van der Waals surface area contributed by atoms with E-state index in [1.54, 1.807) is 11.1 Å². The number of hydrogen-bond donors (Lipinski definition) is 0. The fourth-order valence-corrected chi connectivity index (χ4v) is 2.75. The molecular weight excluding hydrogens is 180 g/mol. The highest BCUT2D eigenvalue weighted by molar-refractivity contribution is 5.82. The van der Waals surface area contributed by atoms with Crippen LogP contribution in [0.15, 0.2) is 24.3 Å². The first-order valence-corrected chi connectivity index (χ1v) is 5.77. The molecule has 3 rings (SSSR count). The highest BCUT2D eigenvalue weighted by atomic mass is 14.3. The first kappa shape index (κ1) is 8.96. The lowest BCUT2D eigenvalue weighted by molar-refractivity contribution is 0.941. The zero-order valence-corrected chi connectivity index (χ0v) is 9.38. The van der Waals surface area contributed by atoms with E-state index >= 15 is 0 Å². The third kappa shape index (κ3) is 1.28. The van der Waals surface area contributed by atoms with E-state index in [4.69, 9.17) is 0 Å². The van der Waals surface area contributed by atoms with Gasteiger partial charge in [0.25, 0.3) is 0 Å². The van der Waals surface area contributed by atoms with E-state index in [9.17, 15) is 0 Å². The van der Waals surface area contributed by atoms with Gasteiger partial charge in [-0.15, -0.1) is 0 Å². The summed E-state index contributed by atoms with van der Waals surface area (Å²) in [5.41, 5.74) is 7.52. The summed E-state index contributed by atoms with van der Waals surface area (Å²) < 4.78 is 0. The van der Waals surface area contributed by atoms with Crippen LogP contribution >= 0.6 is 0 Å². The molecule has 0 saturated carbocycles. The average molecular weight is 196 g/mol. The normalized spacial score (nSPS) is 22.3. The van der Waals surface area contributed by atoms with Crippen molar-refractivity contribution in [3.8, 4) is 0 Å². The van der Waals surface area contributed by atoms with Gasteiger partial charge in [0.2, 0.25) is 0 Å².